The zero-order valence-corrected chi connectivity index (χ0v) is 17.8. The zero-order valence-electron chi connectivity index (χ0n) is 15.5. The molecular formula is C18H26IN7. The summed E-state index contributed by atoms with van der Waals surface area (Å²) in [5.74, 6) is 1.73. The van der Waals surface area contributed by atoms with Crippen LogP contribution < -0.4 is 10.2 Å². The van der Waals surface area contributed by atoms with Crippen molar-refractivity contribution in [2.24, 2.45) is 12.0 Å². The molecule has 2 heterocycles. The minimum absolute atomic E-state index is 0. The summed E-state index contributed by atoms with van der Waals surface area (Å²) in [5, 5.41) is 7.50. The fraction of sp³-hybridized carbons (Fsp3) is 0.389. The van der Waals surface area contributed by atoms with Gasteiger partial charge in [-0.3, -0.25) is 9.67 Å². The van der Waals surface area contributed by atoms with Crippen molar-refractivity contribution in [2.75, 3.05) is 32.1 Å². The Hall–Kier alpha value is -2.10. The molecule has 1 aliphatic heterocycles. The molecule has 8 heteroatoms. The van der Waals surface area contributed by atoms with Crippen LogP contribution in [-0.4, -0.2) is 52.8 Å². The van der Waals surface area contributed by atoms with Gasteiger partial charge in [0.15, 0.2) is 5.96 Å². The highest BCUT2D eigenvalue weighted by molar-refractivity contribution is 14.0. The fourth-order valence-electron chi connectivity index (χ4n) is 2.83. The molecule has 1 N–H and O–H groups in total. The summed E-state index contributed by atoms with van der Waals surface area (Å²) in [5.41, 5.74) is 2.49. The first-order chi connectivity index (χ1) is 12.2. The number of aromatic nitrogens is 3. The molecule has 3 rings (SSSR count). The Morgan fingerprint density at radius 1 is 1.23 bits per heavy atom. The number of hydrogen-bond acceptors (Lipinski definition) is 4. The zero-order chi connectivity index (χ0) is 17.6. The van der Waals surface area contributed by atoms with Crippen molar-refractivity contribution in [1.29, 1.82) is 0 Å². The molecule has 2 aromatic rings. The van der Waals surface area contributed by atoms with E-state index >= 15 is 0 Å². The monoisotopic (exact) mass is 467 g/mol. The maximum absolute atomic E-state index is 4.35. The van der Waals surface area contributed by atoms with Gasteiger partial charge in [0, 0.05) is 46.5 Å². The Kier molecular flexibility index (Phi) is 7.43. The summed E-state index contributed by atoms with van der Waals surface area (Å²) in [7, 11) is 5.68. The first kappa shape index (κ1) is 20.2. The molecule has 1 aromatic carbocycles. The smallest absolute Gasteiger partial charge is 0.194 e. The molecule has 0 saturated carbocycles. The molecule has 140 valence electrons. The predicted octanol–water partition coefficient (Wildman–Crippen LogP) is 2.02. The van der Waals surface area contributed by atoms with E-state index in [1.54, 1.807) is 18.1 Å². The number of anilines is 1. The number of halogens is 1. The SMILES string of the molecule is CN=C(NCc1ccc(N2CC=CC2)cc1)N(C)Cc1ncnn1C.I. The summed E-state index contributed by atoms with van der Waals surface area (Å²) < 4.78 is 1.77. The molecule has 0 amide bonds. The van der Waals surface area contributed by atoms with Crippen LogP contribution in [0.3, 0.4) is 0 Å². The van der Waals surface area contributed by atoms with Crippen LogP contribution in [0.15, 0.2) is 47.7 Å². The molecule has 0 unspecified atom stereocenters. The molecule has 7 nitrogen and oxygen atoms in total. The number of nitrogens with zero attached hydrogens (tertiary/aromatic N) is 6. The number of benzene rings is 1. The molecule has 1 aliphatic rings. The van der Waals surface area contributed by atoms with E-state index in [2.05, 4.69) is 61.7 Å². The van der Waals surface area contributed by atoms with E-state index in [9.17, 15) is 0 Å². The fourth-order valence-corrected chi connectivity index (χ4v) is 2.83. The summed E-state index contributed by atoms with van der Waals surface area (Å²) in [6.07, 6.45) is 5.97. The van der Waals surface area contributed by atoms with Gasteiger partial charge in [-0.2, -0.15) is 5.10 Å². The van der Waals surface area contributed by atoms with Gasteiger partial charge in [-0.25, -0.2) is 4.98 Å². The van der Waals surface area contributed by atoms with E-state index in [0.29, 0.717) is 6.54 Å². The van der Waals surface area contributed by atoms with Crippen molar-refractivity contribution in [3.63, 3.8) is 0 Å². The maximum Gasteiger partial charge on any atom is 0.194 e. The Balaban J connectivity index is 0.00000243. The molecule has 1 aromatic heterocycles. The van der Waals surface area contributed by atoms with Crippen LogP contribution in [-0.2, 0) is 20.1 Å². The molecular weight excluding hydrogens is 441 g/mol. The average Bonchev–Trinajstić information content (AvgIpc) is 3.29. The van der Waals surface area contributed by atoms with Gasteiger partial charge in [-0.1, -0.05) is 24.3 Å². The second-order valence-electron chi connectivity index (χ2n) is 6.10. The van der Waals surface area contributed by atoms with Crippen molar-refractivity contribution in [3.8, 4) is 0 Å². The van der Waals surface area contributed by atoms with Crippen LogP contribution in [0.2, 0.25) is 0 Å². The van der Waals surface area contributed by atoms with E-state index < -0.39 is 0 Å². The van der Waals surface area contributed by atoms with Gasteiger partial charge in [-0.15, -0.1) is 24.0 Å². The molecule has 0 bridgehead atoms. The third-order valence-corrected chi connectivity index (χ3v) is 4.33. The minimum Gasteiger partial charge on any atom is -0.364 e. The number of guanidine groups is 1. The van der Waals surface area contributed by atoms with Crippen LogP contribution in [0.5, 0.6) is 0 Å². The van der Waals surface area contributed by atoms with Crippen LogP contribution in [0.1, 0.15) is 11.4 Å². The van der Waals surface area contributed by atoms with Gasteiger partial charge in [0.2, 0.25) is 0 Å². The van der Waals surface area contributed by atoms with Gasteiger partial charge < -0.3 is 15.1 Å². The summed E-state index contributed by atoms with van der Waals surface area (Å²) in [6.45, 7) is 3.37. The van der Waals surface area contributed by atoms with E-state index in [-0.39, 0.29) is 24.0 Å². The number of hydrogen-bond donors (Lipinski definition) is 1. The van der Waals surface area contributed by atoms with Crippen molar-refractivity contribution in [3.05, 3.63) is 54.1 Å². The lowest BCUT2D eigenvalue weighted by Crippen LogP contribution is -2.38. The number of rotatable bonds is 5. The van der Waals surface area contributed by atoms with Gasteiger partial charge in [-0.05, 0) is 17.7 Å². The van der Waals surface area contributed by atoms with E-state index in [1.807, 2.05) is 19.0 Å². The van der Waals surface area contributed by atoms with Gasteiger partial charge in [0.25, 0.3) is 0 Å². The van der Waals surface area contributed by atoms with E-state index in [1.165, 1.54) is 11.3 Å². The first-order valence-corrected chi connectivity index (χ1v) is 8.41. The molecule has 0 atom stereocenters. The normalized spacial score (nSPS) is 13.7. The van der Waals surface area contributed by atoms with Crippen LogP contribution >= 0.6 is 24.0 Å². The van der Waals surface area contributed by atoms with Gasteiger partial charge in [0.05, 0.1) is 6.54 Å². The number of aliphatic imine (C=N–C) groups is 1. The lowest BCUT2D eigenvalue weighted by Gasteiger charge is -2.22. The largest absolute Gasteiger partial charge is 0.364 e. The Bertz CT molecular complexity index is 743. The van der Waals surface area contributed by atoms with Crippen molar-refractivity contribution < 1.29 is 0 Å². The second-order valence-corrected chi connectivity index (χ2v) is 6.10. The highest BCUT2D eigenvalue weighted by atomic mass is 127. The summed E-state index contributed by atoms with van der Waals surface area (Å²) in [6, 6.07) is 8.68. The number of nitrogens with one attached hydrogen (secondary N) is 1. The number of aryl methyl sites for hydroxylation is 1. The maximum atomic E-state index is 4.35. The minimum atomic E-state index is 0. The average molecular weight is 467 g/mol. The Morgan fingerprint density at radius 3 is 2.50 bits per heavy atom. The highest BCUT2D eigenvalue weighted by Crippen LogP contribution is 2.17. The second kappa shape index (κ2) is 9.56. The van der Waals surface area contributed by atoms with Crippen LogP contribution in [0.25, 0.3) is 0 Å². The lowest BCUT2D eigenvalue weighted by atomic mass is 10.2. The first-order valence-electron chi connectivity index (χ1n) is 8.41. The molecule has 0 saturated heterocycles. The molecule has 0 aliphatic carbocycles. The van der Waals surface area contributed by atoms with Crippen molar-refractivity contribution in [1.82, 2.24) is 25.0 Å². The predicted molar refractivity (Wildman–Crippen MR) is 116 cm³/mol. The molecule has 26 heavy (non-hydrogen) atoms. The van der Waals surface area contributed by atoms with E-state index in [0.717, 1.165) is 31.4 Å². The standard InChI is InChI=1S/C18H25N7.HI/c1-19-18(23(2)13-17-21-14-22-24(17)3)20-12-15-6-8-16(9-7-15)25-10-4-5-11-25;/h4-9,14H,10-13H2,1-3H3,(H,19,20);1H. The topological polar surface area (TPSA) is 61.6 Å². The lowest BCUT2D eigenvalue weighted by molar-refractivity contribution is 0.448. The molecule has 0 spiro atoms. The third-order valence-electron chi connectivity index (χ3n) is 4.33. The highest BCUT2D eigenvalue weighted by Gasteiger charge is 2.10. The third kappa shape index (κ3) is 4.96. The van der Waals surface area contributed by atoms with Gasteiger partial charge in [0.1, 0.15) is 12.2 Å². The summed E-state index contributed by atoms with van der Waals surface area (Å²) in [4.78, 5) is 13.0. The summed E-state index contributed by atoms with van der Waals surface area (Å²) >= 11 is 0. The van der Waals surface area contributed by atoms with E-state index in [4.69, 9.17) is 0 Å². The molecule has 0 radical (unpaired) electrons. The van der Waals surface area contributed by atoms with Gasteiger partial charge >= 0.3 is 0 Å². The van der Waals surface area contributed by atoms with Crippen molar-refractivity contribution in [2.45, 2.75) is 13.1 Å². The quantitative estimate of drug-likeness (QED) is 0.316. The Labute approximate surface area is 171 Å². The van der Waals surface area contributed by atoms with Crippen molar-refractivity contribution >= 4 is 35.6 Å². The van der Waals surface area contributed by atoms with Crippen LogP contribution in [0.4, 0.5) is 5.69 Å². The van der Waals surface area contributed by atoms with Crippen LogP contribution in [0, 0.1) is 0 Å². The molecule has 0 fully saturated rings. The Morgan fingerprint density at radius 2 is 1.92 bits per heavy atom.